The second-order valence-electron chi connectivity index (χ2n) is 7.44. The van der Waals surface area contributed by atoms with Gasteiger partial charge in [-0.1, -0.05) is 51.9 Å². The highest BCUT2D eigenvalue weighted by atomic mass is 127. The number of sulfonamides is 1. The molecule has 0 unspecified atom stereocenters. The van der Waals surface area contributed by atoms with Gasteiger partial charge >= 0.3 is 0 Å². The molecule has 0 spiro atoms. The van der Waals surface area contributed by atoms with Crippen molar-refractivity contribution in [2.45, 2.75) is 71.6 Å². The molecule has 0 aliphatic heterocycles. The average Bonchev–Trinajstić information content (AvgIpc) is 2.49. The van der Waals surface area contributed by atoms with Crippen LogP contribution in [0.25, 0.3) is 0 Å². The fourth-order valence-corrected chi connectivity index (χ4v) is 3.88. The van der Waals surface area contributed by atoms with E-state index in [4.69, 9.17) is 0 Å². The van der Waals surface area contributed by atoms with E-state index in [1.54, 1.807) is 11.4 Å². The monoisotopic (exact) mass is 477 g/mol. The topological polar surface area (TPSA) is 37.4 Å². The summed E-state index contributed by atoms with van der Waals surface area (Å²) < 4.78 is 27.0. The van der Waals surface area contributed by atoms with Crippen LogP contribution in [0.1, 0.15) is 71.6 Å². The summed E-state index contributed by atoms with van der Waals surface area (Å²) >= 11 is 0. The molecule has 0 rings (SSSR count). The molecule has 4 nitrogen and oxygen atoms in total. The predicted molar refractivity (Wildman–Crippen MR) is 117 cm³/mol. The van der Waals surface area contributed by atoms with Crippen LogP contribution in [0.15, 0.2) is 0 Å². The first-order valence-corrected chi connectivity index (χ1v) is 11.1. The maximum atomic E-state index is 12.3. The molecule has 6 heteroatoms. The molecule has 0 bridgehead atoms. The van der Waals surface area contributed by atoms with Crippen molar-refractivity contribution < 1.29 is 12.9 Å². The Kier molecular flexibility index (Phi) is 16.5. The van der Waals surface area contributed by atoms with Crippen molar-refractivity contribution in [2.75, 3.05) is 46.5 Å². The van der Waals surface area contributed by atoms with Crippen LogP contribution in [-0.4, -0.2) is 63.7 Å². The van der Waals surface area contributed by atoms with Gasteiger partial charge in [-0.3, -0.25) is 0 Å². The predicted octanol–water partition coefficient (Wildman–Crippen LogP) is 4.49. The lowest BCUT2D eigenvalue weighted by Crippen LogP contribution is -2.41. The Morgan fingerprint density at radius 2 is 1.33 bits per heavy atom. The number of nitrogens with zero attached hydrogens (tertiary/aromatic N) is 2. The van der Waals surface area contributed by atoms with Gasteiger partial charge in [0.05, 0.1) is 32.9 Å². The van der Waals surface area contributed by atoms with E-state index in [1.165, 1.54) is 38.5 Å². The largest absolute Gasteiger partial charge is 0.329 e. The van der Waals surface area contributed by atoms with Gasteiger partial charge in [0.15, 0.2) is 0 Å². The lowest BCUT2D eigenvalue weighted by molar-refractivity contribution is -0.888. The second-order valence-corrected chi connectivity index (χ2v) is 9.64. The molecule has 0 atom stereocenters. The normalized spacial score (nSPS) is 12.4. The molecule has 0 aliphatic rings. The molecule has 0 saturated carbocycles. The standard InChI is InChI=1S/C18H41N2O2S.HI/c1-6-8-9-10-11-12-13-14-18-23(21,22)19(3)16-15-17-20(4,5)7-2;/h6-18H2,1-5H3;1H/q+1;. The van der Waals surface area contributed by atoms with Gasteiger partial charge in [0.2, 0.25) is 10.0 Å². The molecule has 0 aromatic carbocycles. The third kappa shape index (κ3) is 13.8. The van der Waals surface area contributed by atoms with Gasteiger partial charge in [-0.2, -0.15) is 0 Å². The molecule has 0 aliphatic carbocycles. The van der Waals surface area contributed by atoms with E-state index in [-0.39, 0.29) is 24.0 Å². The molecular weight excluding hydrogens is 435 g/mol. The summed E-state index contributed by atoms with van der Waals surface area (Å²) in [5, 5.41) is 0. The van der Waals surface area contributed by atoms with Crippen molar-refractivity contribution in [2.24, 2.45) is 0 Å². The summed E-state index contributed by atoms with van der Waals surface area (Å²) in [4.78, 5) is 0. The third-order valence-electron chi connectivity index (χ3n) is 4.82. The van der Waals surface area contributed by atoms with Crippen LogP contribution in [0, 0.1) is 0 Å². The highest BCUT2D eigenvalue weighted by molar-refractivity contribution is 14.0. The first-order valence-electron chi connectivity index (χ1n) is 9.51. The summed E-state index contributed by atoms with van der Waals surface area (Å²) in [6.45, 7) is 7.14. The molecule has 0 heterocycles. The fourth-order valence-electron chi connectivity index (χ4n) is 2.59. The van der Waals surface area contributed by atoms with Crippen molar-refractivity contribution in [1.82, 2.24) is 4.31 Å². The summed E-state index contributed by atoms with van der Waals surface area (Å²) in [7, 11) is 3.05. The molecule has 24 heavy (non-hydrogen) atoms. The van der Waals surface area contributed by atoms with Crippen LogP contribution >= 0.6 is 24.0 Å². The van der Waals surface area contributed by atoms with Gasteiger partial charge in [0.1, 0.15) is 0 Å². The fraction of sp³-hybridized carbons (Fsp3) is 1.00. The SMILES string of the molecule is CCCCCCCCCCS(=O)(=O)N(C)CCC[N+](C)(C)CC.I. The zero-order valence-corrected chi connectivity index (χ0v) is 19.9. The number of hydrogen-bond donors (Lipinski definition) is 0. The first kappa shape index (κ1) is 26.8. The van der Waals surface area contributed by atoms with Crippen LogP contribution in [-0.2, 0) is 10.0 Å². The van der Waals surface area contributed by atoms with Crippen molar-refractivity contribution in [3.63, 3.8) is 0 Å². The number of hydrogen-bond acceptors (Lipinski definition) is 2. The average molecular weight is 478 g/mol. The van der Waals surface area contributed by atoms with E-state index in [2.05, 4.69) is 27.9 Å². The first-order chi connectivity index (χ1) is 10.7. The highest BCUT2D eigenvalue weighted by Gasteiger charge is 2.18. The molecular formula is C18H42IN2O2S+. The number of quaternary nitrogens is 1. The van der Waals surface area contributed by atoms with Crippen LogP contribution in [0.3, 0.4) is 0 Å². The zero-order chi connectivity index (χ0) is 17.8. The Morgan fingerprint density at radius 3 is 1.83 bits per heavy atom. The Bertz CT molecular complexity index is 386. The van der Waals surface area contributed by atoms with Crippen molar-refractivity contribution >= 4 is 34.0 Å². The second kappa shape index (κ2) is 14.7. The van der Waals surface area contributed by atoms with Crippen molar-refractivity contribution in [1.29, 1.82) is 0 Å². The minimum atomic E-state index is -3.06. The van der Waals surface area contributed by atoms with Gasteiger partial charge in [-0.05, 0) is 13.3 Å². The minimum absolute atomic E-state index is 0. The Labute approximate surface area is 169 Å². The summed E-state index contributed by atoms with van der Waals surface area (Å²) in [5.41, 5.74) is 0. The van der Waals surface area contributed by atoms with E-state index >= 15 is 0 Å². The summed E-state index contributed by atoms with van der Waals surface area (Å²) in [6, 6.07) is 0. The maximum absolute atomic E-state index is 12.3. The van der Waals surface area contributed by atoms with Crippen LogP contribution in [0.4, 0.5) is 0 Å². The lowest BCUT2D eigenvalue weighted by Gasteiger charge is -2.29. The third-order valence-corrected chi connectivity index (χ3v) is 6.76. The van der Waals surface area contributed by atoms with Crippen LogP contribution in [0.2, 0.25) is 0 Å². The van der Waals surface area contributed by atoms with Gasteiger partial charge in [0, 0.05) is 20.0 Å². The molecule has 0 aromatic heterocycles. The zero-order valence-electron chi connectivity index (χ0n) is 16.7. The molecule has 0 N–H and O–H groups in total. The Balaban J connectivity index is 0. The summed E-state index contributed by atoms with van der Waals surface area (Å²) in [6.07, 6.45) is 10.4. The van der Waals surface area contributed by atoms with Gasteiger partial charge in [-0.25, -0.2) is 12.7 Å². The quantitative estimate of drug-likeness (QED) is 0.198. The lowest BCUT2D eigenvalue weighted by atomic mass is 10.1. The van der Waals surface area contributed by atoms with E-state index in [0.29, 0.717) is 12.3 Å². The minimum Gasteiger partial charge on any atom is -0.329 e. The molecule has 0 aromatic rings. The highest BCUT2D eigenvalue weighted by Crippen LogP contribution is 2.11. The number of halogens is 1. The van der Waals surface area contributed by atoms with Gasteiger partial charge in [0.25, 0.3) is 0 Å². The molecule has 0 saturated heterocycles. The van der Waals surface area contributed by atoms with Gasteiger partial charge < -0.3 is 4.48 Å². The van der Waals surface area contributed by atoms with Crippen molar-refractivity contribution in [3.8, 4) is 0 Å². The van der Waals surface area contributed by atoms with Crippen molar-refractivity contribution in [3.05, 3.63) is 0 Å². The summed E-state index contributed by atoms with van der Waals surface area (Å²) in [5.74, 6) is 0.310. The maximum Gasteiger partial charge on any atom is 0.213 e. The molecule has 0 radical (unpaired) electrons. The van der Waals surface area contributed by atoms with Crippen LogP contribution in [0.5, 0.6) is 0 Å². The Morgan fingerprint density at radius 1 is 0.833 bits per heavy atom. The van der Waals surface area contributed by atoms with Gasteiger partial charge in [-0.15, -0.1) is 24.0 Å². The Hall–Kier alpha value is 0.600. The molecule has 0 fully saturated rings. The van der Waals surface area contributed by atoms with E-state index < -0.39 is 10.0 Å². The van der Waals surface area contributed by atoms with E-state index in [9.17, 15) is 8.42 Å². The van der Waals surface area contributed by atoms with Crippen LogP contribution < -0.4 is 0 Å². The smallest absolute Gasteiger partial charge is 0.213 e. The van der Waals surface area contributed by atoms with E-state index in [0.717, 1.165) is 36.8 Å². The number of unbranched alkanes of at least 4 members (excludes halogenated alkanes) is 7. The molecule has 0 amide bonds. The number of rotatable bonds is 15. The molecule has 148 valence electrons. The van der Waals surface area contributed by atoms with E-state index in [1.807, 2.05) is 0 Å².